The second kappa shape index (κ2) is 7.26. The van der Waals surface area contributed by atoms with Gasteiger partial charge in [0.05, 0.1) is 7.11 Å². The van der Waals surface area contributed by atoms with Gasteiger partial charge in [-0.25, -0.2) is 9.18 Å². The lowest BCUT2D eigenvalue weighted by Gasteiger charge is -2.11. The summed E-state index contributed by atoms with van der Waals surface area (Å²) in [6.45, 7) is 0.237. The summed E-state index contributed by atoms with van der Waals surface area (Å²) in [4.78, 5) is 10.6. The summed E-state index contributed by atoms with van der Waals surface area (Å²) >= 11 is 0. The molecule has 0 unspecified atom stereocenters. The van der Waals surface area contributed by atoms with Crippen molar-refractivity contribution in [3.8, 4) is 11.5 Å². The molecule has 0 aliphatic carbocycles. The van der Waals surface area contributed by atoms with Crippen molar-refractivity contribution in [1.29, 1.82) is 0 Å². The van der Waals surface area contributed by atoms with Gasteiger partial charge in [0.25, 0.3) is 0 Å². The molecule has 0 saturated carbocycles. The van der Waals surface area contributed by atoms with Crippen LogP contribution in [0.3, 0.4) is 0 Å². The summed E-state index contributed by atoms with van der Waals surface area (Å²) in [5.74, 6) is -0.265. The first kappa shape index (κ1) is 15.6. The van der Waals surface area contributed by atoms with Crippen molar-refractivity contribution >= 4 is 12.0 Å². The highest BCUT2D eigenvalue weighted by atomic mass is 19.1. The molecule has 0 aliphatic rings. The summed E-state index contributed by atoms with van der Waals surface area (Å²) in [6, 6.07) is 11.1. The predicted octanol–water partition coefficient (Wildman–Crippen LogP) is 3.51. The summed E-state index contributed by atoms with van der Waals surface area (Å²) in [6.07, 6.45) is 2.48. The number of hydrogen-bond acceptors (Lipinski definition) is 3. The Labute approximate surface area is 127 Å². The fourth-order valence-corrected chi connectivity index (χ4v) is 1.81. The highest BCUT2D eigenvalue weighted by molar-refractivity contribution is 5.86. The molecule has 2 aromatic rings. The smallest absolute Gasteiger partial charge is 0.328 e. The number of carboxylic acid groups (broad SMARTS) is 1. The lowest BCUT2D eigenvalue weighted by Crippen LogP contribution is -1.98. The van der Waals surface area contributed by atoms with Gasteiger partial charge >= 0.3 is 5.97 Å². The molecule has 5 heteroatoms. The van der Waals surface area contributed by atoms with E-state index in [0.717, 1.165) is 11.6 Å². The van der Waals surface area contributed by atoms with Crippen LogP contribution in [0.5, 0.6) is 11.5 Å². The predicted molar refractivity (Wildman–Crippen MR) is 80.4 cm³/mol. The van der Waals surface area contributed by atoms with Crippen LogP contribution in [-0.2, 0) is 11.4 Å². The Hall–Kier alpha value is -2.82. The van der Waals surface area contributed by atoms with Crippen molar-refractivity contribution in [3.05, 3.63) is 65.5 Å². The highest BCUT2D eigenvalue weighted by Crippen LogP contribution is 2.26. The molecule has 0 atom stereocenters. The summed E-state index contributed by atoms with van der Waals surface area (Å²) in [7, 11) is 1.53. The lowest BCUT2D eigenvalue weighted by atomic mass is 10.1. The zero-order chi connectivity index (χ0) is 15.9. The molecule has 0 bridgehead atoms. The molecule has 0 fully saturated rings. The van der Waals surface area contributed by atoms with Crippen LogP contribution in [0.2, 0.25) is 0 Å². The molecule has 2 aromatic carbocycles. The van der Waals surface area contributed by atoms with Crippen molar-refractivity contribution in [2.75, 3.05) is 7.11 Å². The molecule has 0 aromatic heterocycles. The number of carboxylic acids is 1. The lowest BCUT2D eigenvalue weighted by molar-refractivity contribution is -0.131. The van der Waals surface area contributed by atoms with Crippen molar-refractivity contribution in [3.63, 3.8) is 0 Å². The van der Waals surface area contributed by atoms with E-state index >= 15 is 0 Å². The van der Waals surface area contributed by atoms with E-state index in [1.807, 2.05) is 0 Å². The Morgan fingerprint density at radius 2 is 1.95 bits per heavy atom. The van der Waals surface area contributed by atoms with Crippen molar-refractivity contribution in [1.82, 2.24) is 0 Å². The van der Waals surface area contributed by atoms with E-state index in [9.17, 15) is 9.18 Å². The van der Waals surface area contributed by atoms with Crippen LogP contribution in [0.1, 0.15) is 11.1 Å². The minimum absolute atomic E-state index is 0.237. The van der Waals surface area contributed by atoms with Crippen LogP contribution in [-0.4, -0.2) is 18.2 Å². The second-order valence-electron chi connectivity index (χ2n) is 4.49. The van der Waals surface area contributed by atoms with E-state index in [0.29, 0.717) is 17.1 Å². The van der Waals surface area contributed by atoms with Gasteiger partial charge in [-0.05, 0) is 35.9 Å². The van der Waals surface area contributed by atoms with Gasteiger partial charge in [0.1, 0.15) is 23.9 Å². The van der Waals surface area contributed by atoms with E-state index in [-0.39, 0.29) is 12.4 Å². The molecule has 2 rings (SSSR count). The highest BCUT2D eigenvalue weighted by Gasteiger charge is 2.05. The van der Waals surface area contributed by atoms with E-state index in [4.69, 9.17) is 14.6 Å². The average molecular weight is 302 g/mol. The first-order chi connectivity index (χ1) is 10.6. The summed E-state index contributed by atoms with van der Waals surface area (Å²) in [5.41, 5.74) is 1.42. The quantitative estimate of drug-likeness (QED) is 0.830. The van der Waals surface area contributed by atoms with E-state index in [1.54, 1.807) is 30.3 Å². The fraction of sp³-hybridized carbons (Fsp3) is 0.118. The molecular weight excluding hydrogens is 287 g/mol. The number of halogens is 1. The van der Waals surface area contributed by atoms with Crippen LogP contribution in [0.15, 0.2) is 48.5 Å². The minimum atomic E-state index is -1.04. The zero-order valence-corrected chi connectivity index (χ0v) is 12.0. The van der Waals surface area contributed by atoms with Crippen LogP contribution in [0.4, 0.5) is 4.39 Å². The second-order valence-corrected chi connectivity index (χ2v) is 4.49. The van der Waals surface area contributed by atoms with Gasteiger partial charge in [-0.15, -0.1) is 0 Å². The molecule has 1 N–H and O–H groups in total. The Morgan fingerprint density at radius 3 is 2.59 bits per heavy atom. The van der Waals surface area contributed by atoms with Gasteiger partial charge in [-0.3, -0.25) is 0 Å². The summed E-state index contributed by atoms with van der Waals surface area (Å²) < 4.78 is 23.7. The first-order valence-corrected chi connectivity index (χ1v) is 6.55. The molecule has 0 amide bonds. The maximum atomic E-state index is 12.9. The molecule has 4 nitrogen and oxygen atoms in total. The Morgan fingerprint density at radius 1 is 1.23 bits per heavy atom. The molecule has 0 saturated heterocycles. The SMILES string of the molecule is COc1ccc(C=CC(=O)O)c(OCc2ccc(F)cc2)c1. The number of aliphatic carboxylic acids is 1. The monoisotopic (exact) mass is 302 g/mol. The van der Waals surface area contributed by atoms with Gasteiger partial charge < -0.3 is 14.6 Å². The molecule has 0 radical (unpaired) electrons. The Bertz CT molecular complexity index is 678. The number of carbonyl (C=O) groups is 1. The number of rotatable bonds is 6. The van der Waals surface area contributed by atoms with Crippen molar-refractivity contribution in [2.24, 2.45) is 0 Å². The van der Waals surface area contributed by atoms with Crippen LogP contribution in [0.25, 0.3) is 6.08 Å². The van der Waals surface area contributed by atoms with Crippen LogP contribution >= 0.6 is 0 Å². The maximum absolute atomic E-state index is 12.9. The third kappa shape index (κ3) is 4.34. The topological polar surface area (TPSA) is 55.8 Å². The minimum Gasteiger partial charge on any atom is -0.497 e. The molecule has 22 heavy (non-hydrogen) atoms. The molecule has 0 heterocycles. The van der Waals surface area contributed by atoms with Gasteiger partial charge in [-0.1, -0.05) is 12.1 Å². The third-order valence-electron chi connectivity index (χ3n) is 2.93. The molecular formula is C17H15FO4. The van der Waals surface area contributed by atoms with Gasteiger partial charge in [0.2, 0.25) is 0 Å². The average Bonchev–Trinajstić information content (AvgIpc) is 2.52. The number of ether oxygens (including phenoxy) is 2. The van der Waals surface area contributed by atoms with Gasteiger partial charge in [0.15, 0.2) is 0 Å². The first-order valence-electron chi connectivity index (χ1n) is 6.55. The van der Waals surface area contributed by atoms with E-state index in [2.05, 4.69) is 0 Å². The van der Waals surface area contributed by atoms with Gasteiger partial charge in [0, 0.05) is 17.7 Å². The largest absolute Gasteiger partial charge is 0.497 e. The molecule has 114 valence electrons. The zero-order valence-electron chi connectivity index (χ0n) is 12.0. The van der Waals surface area contributed by atoms with Crippen LogP contribution in [0, 0.1) is 5.82 Å². The van der Waals surface area contributed by atoms with Gasteiger partial charge in [-0.2, -0.15) is 0 Å². The summed E-state index contributed by atoms with van der Waals surface area (Å²) in [5, 5.41) is 8.71. The number of methoxy groups -OCH3 is 1. The van der Waals surface area contributed by atoms with Crippen LogP contribution < -0.4 is 9.47 Å². The Balaban J connectivity index is 2.19. The standard InChI is InChI=1S/C17H15FO4/c1-21-15-8-4-13(5-9-17(19)20)16(10-15)22-11-12-2-6-14(18)7-3-12/h2-10H,11H2,1H3,(H,19,20). The maximum Gasteiger partial charge on any atom is 0.328 e. The fourth-order valence-electron chi connectivity index (χ4n) is 1.81. The number of benzene rings is 2. The van der Waals surface area contributed by atoms with E-state index in [1.165, 1.54) is 25.3 Å². The molecule has 0 aliphatic heterocycles. The third-order valence-corrected chi connectivity index (χ3v) is 2.93. The van der Waals surface area contributed by atoms with Crippen molar-refractivity contribution in [2.45, 2.75) is 6.61 Å². The van der Waals surface area contributed by atoms with Crippen molar-refractivity contribution < 1.29 is 23.8 Å². The molecule has 0 spiro atoms. The normalized spacial score (nSPS) is 10.6. The van der Waals surface area contributed by atoms with E-state index < -0.39 is 5.97 Å². The Kier molecular flexibility index (Phi) is 5.14. The number of hydrogen-bond donors (Lipinski definition) is 1.